The van der Waals surface area contributed by atoms with Crippen molar-refractivity contribution in [2.75, 3.05) is 0 Å². The Labute approximate surface area is 182 Å². The first kappa shape index (κ1) is 20.7. The molecular formula is C24H20N2O4S. The first-order valence-corrected chi connectivity index (χ1v) is 10.5. The number of Topliss-reactive ketones (excluding diaryl/α,β-unsaturated/α-hetero) is 1. The molecule has 0 bridgehead atoms. The molecule has 156 valence electrons. The number of hydrogen-bond donors (Lipinski definition) is 0. The maximum Gasteiger partial charge on any atom is 0.349 e. The fourth-order valence-corrected chi connectivity index (χ4v) is 4.27. The fraction of sp³-hybridized carbons (Fsp3) is 0.167. The molecule has 0 amide bonds. The van der Waals surface area contributed by atoms with E-state index in [1.807, 2.05) is 49.4 Å². The Morgan fingerprint density at radius 2 is 1.74 bits per heavy atom. The minimum Gasteiger partial charge on any atom is -0.457 e. The number of benzene rings is 2. The van der Waals surface area contributed by atoms with Crippen molar-refractivity contribution in [3.8, 4) is 0 Å². The van der Waals surface area contributed by atoms with Crippen LogP contribution in [0.15, 0.2) is 65.7 Å². The van der Waals surface area contributed by atoms with Crippen molar-refractivity contribution in [1.29, 1.82) is 0 Å². The van der Waals surface area contributed by atoms with Gasteiger partial charge in [-0.1, -0.05) is 60.2 Å². The molecule has 0 unspecified atom stereocenters. The molecule has 0 N–H and O–H groups in total. The summed E-state index contributed by atoms with van der Waals surface area (Å²) in [7, 11) is 0. The summed E-state index contributed by atoms with van der Waals surface area (Å²) in [6.07, 6.45) is 1.35. The van der Waals surface area contributed by atoms with E-state index in [9.17, 15) is 14.4 Å². The van der Waals surface area contributed by atoms with Crippen LogP contribution in [0.3, 0.4) is 0 Å². The monoisotopic (exact) mass is 432 g/mol. The van der Waals surface area contributed by atoms with Crippen LogP contribution in [0.5, 0.6) is 0 Å². The lowest BCUT2D eigenvalue weighted by atomic mass is 10.1. The fourth-order valence-electron chi connectivity index (χ4n) is 3.24. The third kappa shape index (κ3) is 4.32. The summed E-state index contributed by atoms with van der Waals surface area (Å²) in [5.74, 6) is -0.676. The number of aryl methyl sites for hydroxylation is 2. The summed E-state index contributed by atoms with van der Waals surface area (Å²) < 4.78 is 6.69. The number of fused-ring (bicyclic) bond motifs is 1. The van der Waals surface area contributed by atoms with Gasteiger partial charge in [-0.25, -0.2) is 9.78 Å². The number of ketones is 1. The van der Waals surface area contributed by atoms with E-state index in [1.165, 1.54) is 10.9 Å². The molecule has 4 rings (SSSR count). The van der Waals surface area contributed by atoms with Gasteiger partial charge in [-0.15, -0.1) is 11.3 Å². The zero-order chi connectivity index (χ0) is 22.0. The number of nitrogens with zero attached hydrogens (tertiary/aromatic N) is 2. The van der Waals surface area contributed by atoms with Crippen LogP contribution < -0.4 is 5.56 Å². The second-order valence-electron chi connectivity index (χ2n) is 7.26. The quantitative estimate of drug-likeness (QED) is 0.335. The molecule has 0 aliphatic rings. The number of hydrogen-bond acceptors (Lipinski definition) is 6. The van der Waals surface area contributed by atoms with Crippen molar-refractivity contribution >= 4 is 33.3 Å². The van der Waals surface area contributed by atoms with Crippen LogP contribution in [0, 0.1) is 13.8 Å². The molecular weight excluding hydrogens is 412 g/mol. The van der Waals surface area contributed by atoms with Crippen LogP contribution in [0.2, 0.25) is 0 Å². The Bertz CT molecular complexity index is 1320. The maximum absolute atomic E-state index is 13.0. The Morgan fingerprint density at radius 3 is 2.45 bits per heavy atom. The molecule has 0 spiro atoms. The Balaban J connectivity index is 1.58. The van der Waals surface area contributed by atoms with E-state index < -0.39 is 5.97 Å². The zero-order valence-electron chi connectivity index (χ0n) is 17.1. The second-order valence-corrected chi connectivity index (χ2v) is 8.26. The third-order valence-electron chi connectivity index (χ3n) is 5.00. The molecule has 31 heavy (non-hydrogen) atoms. The van der Waals surface area contributed by atoms with E-state index in [0.717, 1.165) is 22.5 Å². The molecule has 0 aliphatic heterocycles. The van der Waals surface area contributed by atoms with Crippen molar-refractivity contribution in [1.82, 2.24) is 9.55 Å². The second kappa shape index (κ2) is 8.65. The molecule has 0 aliphatic carbocycles. The van der Waals surface area contributed by atoms with Crippen LogP contribution in [0.1, 0.15) is 36.7 Å². The average Bonchev–Trinajstić information content (AvgIpc) is 3.12. The predicted octanol–water partition coefficient (Wildman–Crippen LogP) is 4.31. The van der Waals surface area contributed by atoms with Gasteiger partial charge in [0, 0.05) is 5.56 Å². The van der Waals surface area contributed by atoms with E-state index in [2.05, 4.69) is 4.98 Å². The van der Waals surface area contributed by atoms with Gasteiger partial charge in [0.2, 0.25) is 0 Å². The van der Waals surface area contributed by atoms with Gasteiger partial charge < -0.3 is 4.74 Å². The highest BCUT2D eigenvalue weighted by molar-refractivity contribution is 7.20. The van der Waals surface area contributed by atoms with Crippen LogP contribution >= 0.6 is 11.3 Å². The summed E-state index contributed by atoms with van der Waals surface area (Å²) in [6.45, 7) is 3.68. The molecule has 7 heteroatoms. The Kier molecular flexibility index (Phi) is 5.77. The molecule has 2 aromatic heterocycles. The average molecular weight is 433 g/mol. The predicted molar refractivity (Wildman–Crippen MR) is 120 cm³/mol. The van der Waals surface area contributed by atoms with Crippen molar-refractivity contribution in [3.63, 3.8) is 0 Å². The topological polar surface area (TPSA) is 78.3 Å². The summed E-state index contributed by atoms with van der Waals surface area (Å²) in [6, 6.07) is 16.6. The van der Waals surface area contributed by atoms with Crippen molar-refractivity contribution in [2.24, 2.45) is 0 Å². The standard InChI is InChI=1S/C24H20N2O4S/c1-15-8-10-18(11-9-15)19(27)12-26-14-25-22-20(23(26)28)16(2)21(31-22)24(29)30-13-17-6-4-3-5-7-17/h3-11,14H,12-13H2,1-2H3. The lowest BCUT2D eigenvalue weighted by Gasteiger charge is -2.06. The molecule has 0 fully saturated rings. The molecule has 0 radical (unpaired) electrons. The highest BCUT2D eigenvalue weighted by Crippen LogP contribution is 2.27. The van der Waals surface area contributed by atoms with Crippen LogP contribution in [0.4, 0.5) is 0 Å². The minimum atomic E-state index is -0.494. The van der Waals surface area contributed by atoms with Crippen LogP contribution in [0.25, 0.3) is 10.2 Å². The molecule has 0 atom stereocenters. The van der Waals surface area contributed by atoms with Crippen LogP contribution in [-0.4, -0.2) is 21.3 Å². The van der Waals surface area contributed by atoms with Gasteiger partial charge in [0.15, 0.2) is 5.78 Å². The highest BCUT2D eigenvalue weighted by atomic mass is 32.1. The molecule has 2 aromatic carbocycles. The van der Waals surface area contributed by atoms with E-state index >= 15 is 0 Å². The van der Waals surface area contributed by atoms with Crippen molar-refractivity contribution < 1.29 is 14.3 Å². The number of ether oxygens (including phenoxy) is 1. The lowest BCUT2D eigenvalue weighted by molar-refractivity contribution is 0.0477. The maximum atomic E-state index is 13.0. The third-order valence-corrected chi connectivity index (χ3v) is 6.18. The Morgan fingerprint density at radius 1 is 1.03 bits per heavy atom. The summed E-state index contributed by atoms with van der Waals surface area (Å²) in [5, 5.41) is 0.343. The molecule has 0 saturated heterocycles. The van der Waals surface area contributed by atoms with Gasteiger partial charge in [0.05, 0.1) is 18.3 Å². The van der Waals surface area contributed by atoms with E-state index in [0.29, 0.717) is 26.2 Å². The first-order chi connectivity index (χ1) is 14.9. The number of carbonyl (C=O) groups is 2. The SMILES string of the molecule is Cc1ccc(C(=O)Cn2cnc3sc(C(=O)OCc4ccccc4)c(C)c3c2=O)cc1. The number of rotatable bonds is 6. The van der Waals surface area contributed by atoms with Crippen molar-refractivity contribution in [3.05, 3.63) is 98.4 Å². The van der Waals surface area contributed by atoms with Crippen molar-refractivity contribution in [2.45, 2.75) is 27.0 Å². The number of carbonyl (C=O) groups excluding carboxylic acids is 2. The molecule has 2 heterocycles. The largest absolute Gasteiger partial charge is 0.457 e. The zero-order valence-corrected chi connectivity index (χ0v) is 17.9. The number of aromatic nitrogens is 2. The number of thiophene rings is 1. The van der Waals surface area contributed by atoms with Gasteiger partial charge in [-0.2, -0.15) is 0 Å². The van der Waals surface area contributed by atoms with E-state index in [4.69, 9.17) is 4.74 Å². The van der Waals surface area contributed by atoms with Gasteiger partial charge in [0.1, 0.15) is 16.3 Å². The van der Waals surface area contributed by atoms with Gasteiger partial charge in [-0.3, -0.25) is 14.2 Å². The summed E-state index contributed by atoms with van der Waals surface area (Å²) in [4.78, 5) is 43.3. The van der Waals surface area contributed by atoms with Crippen LogP contribution in [-0.2, 0) is 17.9 Å². The molecule has 6 nitrogen and oxygen atoms in total. The lowest BCUT2D eigenvalue weighted by Crippen LogP contribution is -2.24. The highest BCUT2D eigenvalue weighted by Gasteiger charge is 2.21. The van der Waals surface area contributed by atoms with E-state index in [1.54, 1.807) is 19.1 Å². The summed E-state index contributed by atoms with van der Waals surface area (Å²) in [5.41, 5.74) is 2.64. The normalized spacial score (nSPS) is 10.9. The van der Waals surface area contributed by atoms with E-state index in [-0.39, 0.29) is 24.5 Å². The van der Waals surface area contributed by atoms with Gasteiger partial charge in [0.25, 0.3) is 5.56 Å². The molecule has 0 saturated carbocycles. The smallest absolute Gasteiger partial charge is 0.349 e. The van der Waals surface area contributed by atoms with Gasteiger partial charge in [-0.05, 0) is 25.0 Å². The minimum absolute atomic E-state index is 0.117. The Hall–Kier alpha value is -3.58. The first-order valence-electron chi connectivity index (χ1n) is 9.73. The molecule has 4 aromatic rings. The number of esters is 1. The van der Waals surface area contributed by atoms with Gasteiger partial charge >= 0.3 is 5.97 Å². The summed E-state index contributed by atoms with van der Waals surface area (Å²) >= 11 is 1.12.